The first-order valence-corrected chi connectivity index (χ1v) is 9.14. The number of thiophene rings is 1. The van der Waals surface area contributed by atoms with Gasteiger partial charge < -0.3 is 4.57 Å². The van der Waals surface area contributed by atoms with Crippen molar-refractivity contribution < 1.29 is 0 Å². The van der Waals surface area contributed by atoms with Gasteiger partial charge in [-0.2, -0.15) is 0 Å². The minimum atomic E-state index is -0.0998. The summed E-state index contributed by atoms with van der Waals surface area (Å²) in [7, 11) is 0. The van der Waals surface area contributed by atoms with Crippen LogP contribution in [0.4, 0.5) is 0 Å². The molecule has 1 aromatic carbocycles. The van der Waals surface area contributed by atoms with Crippen LogP contribution in [0.2, 0.25) is 0 Å². The van der Waals surface area contributed by atoms with Crippen molar-refractivity contribution in [1.82, 2.24) is 9.55 Å². The molecule has 2 aromatic heterocycles. The number of halogens is 2. The molecule has 0 aliphatic carbocycles. The van der Waals surface area contributed by atoms with Gasteiger partial charge in [-0.1, -0.05) is 0 Å². The number of aromatic nitrogens is 2. The van der Waals surface area contributed by atoms with Gasteiger partial charge in [-0.05, 0) is 73.2 Å². The van der Waals surface area contributed by atoms with Crippen LogP contribution in [0, 0.1) is 17.4 Å². The van der Waals surface area contributed by atoms with Crippen molar-refractivity contribution in [2.75, 3.05) is 0 Å². The van der Waals surface area contributed by atoms with E-state index in [1.165, 1.54) is 18.9 Å². The highest BCUT2D eigenvalue weighted by Crippen LogP contribution is 2.29. The Morgan fingerprint density at radius 1 is 1.33 bits per heavy atom. The number of fused-ring (bicyclic) bond motifs is 1. The third-order valence-corrected chi connectivity index (χ3v) is 5.63. The number of aryl methyl sites for hydroxylation is 2. The highest BCUT2D eigenvalue weighted by molar-refractivity contribution is 14.1. The fourth-order valence-corrected chi connectivity index (χ4v) is 4.16. The molecule has 0 saturated carbocycles. The van der Waals surface area contributed by atoms with E-state index in [4.69, 9.17) is 16.6 Å². The van der Waals surface area contributed by atoms with Crippen LogP contribution in [0.1, 0.15) is 33.4 Å². The van der Waals surface area contributed by atoms with Gasteiger partial charge in [0.2, 0.25) is 0 Å². The molecule has 0 aliphatic heterocycles. The molecule has 110 valence electrons. The van der Waals surface area contributed by atoms with Crippen molar-refractivity contribution in [3.8, 4) is 0 Å². The Morgan fingerprint density at radius 3 is 2.71 bits per heavy atom. The van der Waals surface area contributed by atoms with Gasteiger partial charge in [-0.3, -0.25) is 0 Å². The molecule has 0 radical (unpaired) electrons. The molecule has 0 fully saturated rings. The third-order valence-electron chi connectivity index (χ3n) is 3.63. The van der Waals surface area contributed by atoms with Crippen molar-refractivity contribution in [1.29, 1.82) is 0 Å². The van der Waals surface area contributed by atoms with E-state index in [1.54, 1.807) is 0 Å². The van der Waals surface area contributed by atoms with E-state index in [0.29, 0.717) is 0 Å². The number of rotatable bonds is 3. The second kappa shape index (κ2) is 5.89. The van der Waals surface area contributed by atoms with E-state index in [2.05, 4.69) is 65.3 Å². The van der Waals surface area contributed by atoms with E-state index < -0.39 is 0 Å². The lowest BCUT2D eigenvalue weighted by atomic mass is 10.2. The molecule has 3 aromatic rings. The summed E-state index contributed by atoms with van der Waals surface area (Å²) in [6.45, 7) is 7.15. The fourth-order valence-electron chi connectivity index (χ4n) is 2.47. The zero-order chi connectivity index (χ0) is 15.1. The highest BCUT2D eigenvalue weighted by atomic mass is 127. The summed E-state index contributed by atoms with van der Waals surface area (Å²) in [4.78, 5) is 7.46. The summed E-state index contributed by atoms with van der Waals surface area (Å²) < 4.78 is 3.44. The first-order chi connectivity index (χ1) is 9.95. The Kier molecular flexibility index (Phi) is 4.30. The molecule has 1 atom stereocenters. The Hall–Kier alpha value is -0.590. The van der Waals surface area contributed by atoms with Crippen molar-refractivity contribution in [3.05, 3.63) is 49.0 Å². The van der Waals surface area contributed by atoms with Gasteiger partial charge in [0.25, 0.3) is 0 Å². The second-order valence-corrected chi connectivity index (χ2v) is 8.50. The number of benzene rings is 1. The number of hydrogen-bond donors (Lipinski definition) is 0. The SMILES string of the molecule is Cc1cc(Cn2c(C(C)Cl)nc3cc(I)ccc32)sc1C. The number of nitrogens with zero attached hydrogens (tertiary/aromatic N) is 2. The molecule has 0 amide bonds. The van der Waals surface area contributed by atoms with Crippen LogP contribution in [-0.4, -0.2) is 9.55 Å². The number of hydrogen-bond acceptors (Lipinski definition) is 2. The Labute approximate surface area is 147 Å². The lowest BCUT2D eigenvalue weighted by molar-refractivity contribution is 0.750. The molecule has 0 bridgehead atoms. The van der Waals surface area contributed by atoms with E-state index in [0.717, 1.165) is 23.4 Å². The normalized spacial score (nSPS) is 13.0. The Morgan fingerprint density at radius 2 is 2.10 bits per heavy atom. The molecule has 3 rings (SSSR count). The second-order valence-electron chi connectivity index (χ2n) is 5.26. The quantitative estimate of drug-likeness (QED) is 0.387. The first-order valence-electron chi connectivity index (χ1n) is 6.81. The molecule has 0 aliphatic rings. The minimum Gasteiger partial charge on any atom is -0.321 e. The summed E-state index contributed by atoms with van der Waals surface area (Å²) in [5.41, 5.74) is 3.53. The van der Waals surface area contributed by atoms with E-state index in [1.807, 2.05) is 18.3 Å². The Balaban J connectivity index is 2.12. The summed E-state index contributed by atoms with van der Waals surface area (Å²) in [6.07, 6.45) is 0. The van der Waals surface area contributed by atoms with E-state index in [-0.39, 0.29) is 5.38 Å². The van der Waals surface area contributed by atoms with Crippen molar-refractivity contribution >= 4 is 56.6 Å². The van der Waals surface area contributed by atoms with Gasteiger partial charge in [0.05, 0.1) is 23.0 Å². The molecule has 2 heterocycles. The molecular weight excluding hydrogens is 415 g/mol. The van der Waals surface area contributed by atoms with Crippen LogP contribution < -0.4 is 0 Å². The van der Waals surface area contributed by atoms with Crippen molar-refractivity contribution in [2.24, 2.45) is 0 Å². The molecule has 0 spiro atoms. The maximum absolute atomic E-state index is 6.34. The summed E-state index contributed by atoms with van der Waals surface area (Å²) in [5.74, 6) is 0.942. The molecule has 21 heavy (non-hydrogen) atoms. The maximum atomic E-state index is 6.34. The minimum absolute atomic E-state index is 0.0998. The van der Waals surface area contributed by atoms with Crippen LogP contribution >= 0.6 is 45.5 Å². The molecule has 2 nitrogen and oxygen atoms in total. The van der Waals surface area contributed by atoms with Crippen LogP contribution in [0.15, 0.2) is 24.3 Å². The monoisotopic (exact) mass is 430 g/mol. The van der Waals surface area contributed by atoms with Crippen LogP contribution in [0.3, 0.4) is 0 Å². The topological polar surface area (TPSA) is 17.8 Å². The summed E-state index contributed by atoms with van der Waals surface area (Å²) >= 11 is 10.5. The maximum Gasteiger partial charge on any atom is 0.128 e. The molecule has 0 saturated heterocycles. The van der Waals surface area contributed by atoms with Gasteiger partial charge in [0.15, 0.2) is 0 Å². The standard InChI is InChI=1S/C16H16ClIN2S/c1-9-6-13(21-11(9)3)8-20-15-5-4-12(18)7-14(15)19-16(20)10(2)17/h4-7,10H,8H2,1-3H3. The van der Waals surface area contributed by atoms with Crippen molar-refractivity contribution in [3.63, 3.8) is 0 Å². The lowest BCUT2D eigenvalue weighted by Crippen LogP contribution is -2.04. The van der Waals surface area contributed by atoms with Gasteiger partial charge in [0, 0.05) is 13.3 Å². The van der Waals surface area contributed by atoms with Gasteiger partial charge in [-0.15, -0.1) is 22.9 Å². The van der Waals surface area contributed by atoms with Crippen LogP contribution in [0.25, 0.3) is 11.0 Å². The number of imidazole rings is 1. The zero-order valence-corrected chi connectivity index (χ0v) is 15.9. The smallest absolute Gasteiger partial charge is 0.128 e. The third kappa shape index (κ3) is 2.98. The zero-order valence-electron chi connectivity index (χ0n) is 12.2. The van der Waals surface area contributed by atoms with Crippen LogP contribution in [0.5, 0.6) is 0 Å². The highest BCUT2D eigenvalue weighted by Gasteiger charge is 2.16. The fraction of sp³-hybridized carbons (Fsp3) is 0.312. The predicted molar refractivity (Wildman–Crippen MR) is 99.6 cm³/mol. The Bertz CT molecular complexity index is 785. The average Bonchev–Trinajstić information content (AvgIpc) is 2.91. The number of alkyl halides is 1. The lowest BCUT2D eigenvalue weighted by Gasteiger charge is -2.09. The predicted octanol–water partition coefficient (Wildman–Crippen LogP) is 5.67. The van der Waals surface area contributed by atoms with Crippen LogP contribution in [-0.2, 0) is 6.54 Å². The average molecular weight is 431 g/mol. The summed E-state index contributed by atoms with van der Waals surface area (Å²) in [6, 6.07) is 8.64. The molecular formula is C16H16ClIN2S. The van der Waals surface area contributed by atoms with E-state index >= 15 is 0 Å². The molecule has 0 N–H and O–H groups in total. The van der Waals surface area contributed by atoms with Gasteiger partial charge in [-0.25, -0.2) is 4.98 Å². The molecule has 5 heteroatoms. The largest absolute Gasteiger partial charge is 0.321 e. The first kappa shape index (κ1) is 15.3. The van der Waals surface area contributed by atoms with Crippen molar-refractivity contribution in [2.45, 2.75) is 32.7 Å². The molecule has 1 unspecified atom stereocenters. The van der Waals surface area contributed by atoms with Gasteiger partial charge >= 0.3 is 0 Å². The van der Waals surface area contributed by atoms with E-state index in [9.17, 15) is 0 Å². The van der Waals surface area contributed by atoms with Gasteiger partial charge in [0.1, 0.15) is 5.82 Å². The summed E-state index contributed by atoms with van der Waals surface area (Å²) in [5, 5.41) is -0.0998.